The zero-order valence-electron chi connectivity index (χ0n) is 22.9. The zero-order chi connectivity index (χ0) is 27.3. The highest BCUT2D eigenvalue weighted by atomic mass is 16.7. The van der Waals surface area contributed by atoms with Crippen LogP contribution in [0, 0.1) is 0 Å². The Morgan fingerprint density at radius 1 is 1.08 bits per heavy atom. The quantitative estimate of drug-likeness (QED) is 0.135. The first-order valence-corrected chi connectivity index (χ1v) is 13.5. The summed E-state index contributed by atoms with van der Waals surface area (Å²) in [6.07, 6.45) is 11.5. The number of methoxy groups -OCH3 is 2. The van der Waals surface area contributed by atoms with Gasteiger partial charge < -0.3 is 34.1 Å². The SMILES string of the molecule is COCCOCOc1cc(/C=C/C=C/C(=O)NCCN2CCC(c3c[nH]c4ccccc34)CC2)ccc1OC. The van der Waals surface area contributed by atoms with Crippen LogP contribution in [0.2, 0.25) is 0 Å². The highest BCUT2D eigenvalue weighted by molar-refractivity contribution is 5.87. The minimum absolute atomic E-state index is 0.0970. The van der Waals surface area contributed by atoms with Crippen molar-refractivity contribution in [2.24, 2.45) is 0 Å². The number of ether oxygens (including phenoxy) is 4. The first kappa shape index (κ1) is 28.4. The van der Waals surface area contributed by atoms with Gasteiger partial charge in [0, 0.05) is 43.4 Å². The number of allylic oxidation sites excluding steroid dienone is 2. The Morgan fingerprint density at radius 2 is 1.92 bits per heavy atom. The van der Waals surface area contributed by atoms with E-state index >= 15 is 0 Å². The van der Waals surface area contributed by atoms with Gasteiger partial charge in [-0.25, -0.2) is 0 Å². The van der Waals surface area contributed by atoms with Gasteiger partial charge in [0.05, 0.1) is 20.3 Å². The molecule has 1 amide bonds. The highest BCUT2D eigenvalue weighted by Crippen LogP contribution is 2.33. The van der Waals surface area contributed by atoms with Crippen LogP contribution < -0.4 is 14.8 Å². The van der Waals surface area contributed by atoms with Crippen LogP contribution >= 0.6 is 0 Å². The minimum atomic E-state index is -0.0970. The molecule has 0 unspecified atom stereocenters. The number of fused-ring (bicyclic) bond motifs is 1. The number of aromatic amines is 1. The smallest absolute Gasteiger partial charge is 0.244 e. The molecule has 2 heterocycles. The van der Waals surface area contributed by atoms with Gasteiger partial charge in [0.2, 0.25) is 5.91 Å². The molecule has 3 aromatic rings. The van der Waals surface area contributed by atoms with Crippen molar-refractivity contribution in [3.05, 3.63) is 78.0 Å². The Bertz CT molecular complexity index is 1240. The molecule has 1 aliphatic rings. The summed E-state index contributed by atoms with van der Waals surface area (Å²) in [5.74, 6) is 1.70. The largest absolute Gasteiger partial charge is 0.493 e. The molecule has 8 nitrogen and oxygen atoms in total. The maximum absolute atomic E-state index is 12.2. The van der Waals surface area contributed by atoms with Crippen LogP contribution in [0.15, 0.2) is 66.9 Å². The van der Waals surface area contributed by atoms with Gasteiger partial charge in [0.15, 0.2) is 18.3 Å². The standard InChI is InChI=1S/C31H39N3O5/c1-36-19-20-38-23-39-30-21-24(11-12-29(30)37-2)7-3-6-10-31(35)32-15-18-34-16-13-25(14-17-34)27-22-33-28-9-5-4-8-26(27)28/h3-12,21-22,25,33H,13-20,23H2,1-2H3,(H,32,35)/b7-3+,10-6+. The summed E-state index contributed by atoms with van der Waals surface area (Å²) in [6.45, 7) is 4.66. The molecule has 4 rings (SSSR count). The van der Waals surface area contributed by atoms with Crippen molar-refractivity contribution in [3.8, 4) is 11.5 Å². The fraction of sp³-hybridized carbons (Fsp3) is 0.387. The monoisotopic (exact) mass is 533 g/mol. The van der Waals surface area contributed by atoms with Crippen LogP contribution in [0.3, 0.4) is 0 Å². The van der Waals surface area contributed by atoms with E-state index in [0.29, 0.717) is 37.2 Å². The summed E-state index contributed by atoms with van der Waals surface area (Å²) in [6, 6.07) is 14.1. The van der Waals surface area contributed by atoms with E-state index in [1.165, 1.54) is 16.5 Å². The van der Waals surface area contributed by atoms with Gasteiger partial charge in [-0.15, -0.1) is 0 Å². The number of hydrogen-bond acceptors (Lipinski definition) is 6. The number of piperidine rings is 1. The van der Waals surface area contributed by atoms with Crippen molar-refractivity contribution in [1.82, 2.24) is 15.2 Å². The second-order valence-corrected chi connectivity index (χ2v) is 9.49. The van der Waals surface area contributed by atoms with E-state index in [-0.39, 0.29) is 12.7 Å². The van der Waals surface area contributed by atoms with Crippen molar-refractivity contribution < 1.29 is 23.7 Å². The topological polar surface area (TPSA) is 85.1 Å². The normalized spacial score (nSPS) is 14.9. The molecule has 0 atom stereocenters. The fourth-order valence-corrected chi connectivity index (χ4v) is 4.82. The molecule has 1 fully saturated rings. The Kier molecular flexibility index (Phi) is 11.0. The first-order valence-electron chi connectivity index (χ1n) is 13.5. The number of nitrogens with one attached hydrogen (secondary N) is 2. The van der Waals surface area contributed by atoms with Gasteiger partial charge in [0.1, 0.15) is 0 Å². The maximum atomic E-state index is 12.2. The summed E-state index contributed by atoms with van der Waals surface area (Å²) >= 11 is 0. The average molecular weight is 534 g/mol. The van der Waals surface area contributed by atoms with Crippen molar-refractivity contribution >= 4 is 22.9 Å². The third-order valence-corrected chi connectivity index (χ3v) is 6.94. The van der Waals surface area contributed by atoms with E-state index in [1.54, 1.807) is 26.4 Å². The van der Waals surface area contributed by atoms with Crippen LogP contribution in [0.5, 0.6) is 11.5 Å². The number of benzene rings is 2. The van der Waals surface area contributed by atoms with E-state index in [2.05, 4.69) is 45.7 Å². The summed E-state index contributed by atoms with van der Waals surface area (Å²) in [7, 11) is 3.22. The average Bonchev–Trinajstić information content (AvgIpc) is 3.40. The lowest BCUT2D eigenvalue weighted by Gasteiger charge is -2.31. The number of nitrogens with zero attached hydrogens (tertiary/aromatic N) is 1. The van der Waals surface area contributed by atoms with Gasteiger partial charge in [-0.05, 0) is 61.2 Å². The minimum Gasteiger partial charge on any atom is -0.493 e. The molecule has 1 aromatic heterocycles. The van der Waals surface area contributed by atoms with Crippen molar-refractivity contribution in [1.29, 1.82) is 0 Å². The number of H-pyrrole nitrogens is 1. The zero-order valence-corrected chi connectivity index (χ0v) is 22.9. The maximum Gasteiger partial charge on any atom is 0.244 e. The Hall–Kier alpha value is -3.59. The number of hydrogen-bond donors (Lipinski definition) is 2. The molecular formula is C31H39N3O5. The van der Waals surface area contributed by atoms with Gasteiger partial charge >= 0.3 is 0 Å². The van der Waals surface area contributed by atoms with E-state index in [1.807, 2.05) is 30.4 Å². The van der Waals surface area contributed by atoms with Crippen LogP contribution in [-0.2, 0) is 14.3 Å². The lowest BCUT2D eigenvalue weighted by molar-refractivity contribution is -0.116. The van der Waals surface area contributed by atoms with Crippen LogP contribution in [0.1, 0.15) is 29.9 Å². The van der Waals surface area contributed by atoms with Gasteiger partial charge in [-0.2, -0.15) is 0 Å². The predicted octanol–water partition coefficient (Wildman–Crippen LogP) is 4.74. The van der Waals surface area contributed by atoms with E-state index in [9.17, 15) is 4.79 Å². The predicted molar refractivity (Wildman–Crippen MR) is 154 cm³/mol. The third-order valence-electron chi connectivity index (χ3n) is 6.94. The summed E-state index contributed by atoms with van der Waals surface area (Å²) in [5, 5.41) is 4.33. The first-order chi connectivity index (χ1) is 19.2. The number of carbonyl (C=O) groups excluding carboxylic acids is 1. The lowest BCUT2D eigenvalue weighted by atomic mass is 9.89. The number of amides is 1. The van der Waals surface area contributed by atoms with E-state index < -0.39 is 0 Å². The Labute approximate surface area is 230 Å². The van der Waals surface area contributed by atoms with Crippen molar-refractivity contribution in [3.63, 3.8) is 0 Å². The van der Waals surface area contributed by atoms with Crippen LogP contribution in [0.25, 0.3) is 17.0 Å². The van der Waals surface area contributed by atoms with E-state index in [4.69, 9.17) is 18.9 Å². The molecular weight excluding hydrogens is 494 g/mol. The molecule has 39 heavy (non-hydrogen) atoms. The second kappa shape index (κ2) is 15.1. The fourth-order valence-electron chi connectivity index (χ4n) is 4.82. The highest BCUT2D eigenvalue weighted by Gasteiger charge is 2.22. The summed E-state index contributed by atoms with van der Waals surface area (Å²) in [4.78, 5) is 18.1. The molecule has 1 saturated heterocycles. The number of likely N-dealkylation sites (tertiary alicyclic amines) is 1. The van der Waals surface area contributed by atoms with Gasteiger partial charge in [-0.3, -0.25) is 4.79 Å². The molecule has 1 aliphatic heterocycles. The molecule has 0 spiro atoms. The van der Waals surface area contributed by atoms with Gasteiger partial charge in [0.25, 0.3) is 0 Å². The molecule has 0 saturated carbocycles. The molecule has 0 aliphatic carbocycles. The summed E-state index contributed by atoms with van der Waals surface area (Å²) in [5.41, 5.74) is 3.56. The number of rotatable bonds is 14. The molecule has 0 bridgehead atoms. The molecule has 208 valence electrons. The van der Waals surface area contributed by atoms with Crippen LogP contribution in [-0.4, -0.2) is 76.2 Å². The molecule has 2 aromatic carbocycles. The Morgan fingerprint density at radius 3 is 2.74 bits per heavy atom. The van der Waals surface area contributed by atoms with Crippen molar-refractivity contribution in [2.75, 3.05) is 60.4 Å². The van der Waals surface area contributed by atoms with Gasteiger partial charge in [-0.1, -0.05) is 42.5 Å². The Balaban J connectivity index is 1.15. The molecule has 0 radical (unpaired) electrons. The third kappa shape index (κ3) is 8.45. The van der Waals surface area contributed by atoms with Crippen molar-refractivity contribution in [2.45, 2.75) is 18.8 Å². The summed E-state index contributed by atoms with van der Waals surface area (Å²) < 4.78 is 21.3. The van der Waals surface area contributed by atoms with E-state index in [0.717, 1.165) is 38.0 Å². The molecule has 2 N–H and O–H groups in total. The lowest BCUT2D eigenvalue weighted by Crippen LogP contribution is -2.38. The number of aromatic nitrogens is 1. The number of para-hydroxylation sites is 1. The molecule has 8 heteroatoms. The second-order valence-electron chi connectivity index (χ2n) is 9.49. The number of carbonyl (C=O) groups is 1. The van der Waals surface area contributed by atoms with Crippen LogP contribution in [0.4, 0.5) is 0 Å².